The van der Waals surface area contributed by atoms with Crippen molar-refractivity contribution < 1.29 is 38.2 Å². The highest BCUT2D eigenvalue weighted by atomic mass is 16.6. The summed E-state index contributed by atoms with van der Waals surface area (Å²) < 4.78 is 15.4. The van der Waals surface area contributed by atoms with Crippen LogP contribution in [0.25, 0.3) is 0 Å². The van der Waals surface area contributed by atoms with Crippen molar-refractivity contribution in [2.75, 3.05) is 6.54 Å². The number of esters is 2. The van der Waals surface area contributed by atoms with Gasteiger partial charge in [0.15, 0.2) is 6.10 Å². The molecule has 3 rings (SSSR count). The van der Waals surface area contributed by atoms with Crippen LogP contribution in [0.15, 0.2) is 60.7 Å². The van der Waals surface area contributed by atoms with Crippen LogP contribution in [-0.4, -0.2) is 54.6 Å². The first-order valence-electron chi connectivity index (χ1n) is 12.7. The molecule has 208 valence electrons. The van der Waals surface area contributed by atoms with Gasteiger partial charge in [-0.05, 0) is 37.8 Å². The summed E-state index contributed by atoms with van der Waals surface area (Å²) in [5.74, 6) is -2.60. The zero-order chi connectivity index (χ0) is 28.2. The van der Waals surface area contributed by atoms with Crippen molar-refractivity contribution in [1.82, 2.24) is 16.0 Å². The van der Waals surface area contributed by atoms with Crippen LogP contribution in [0.4, 0.5) is 4.79 Å². The first-order chi connectivity index (χ1) is 18.7. The number of amides is 3. The molecule has 0 bridgehead atoms. The molecule has 0 radical (unpaired) electrons. The largest absolute Gasteiger partial charge is 0.459 e. The number of nitrogens with one attached hydrogen (secondary N) is 3. The van der Waals surface area contributed by atoms with Crippen LogP contribution < -0.4 is 16.0 Å². The Hall–Kier alpha value is -4.41. The van der Waals surface area contributed by atoms with Crippen molar-refractivity contribution in [3.8, 4) is 0 Å². The standard InChI is InChI=1S/C28H33N3O8/c1-18-23(39-26(18)34)25(33)29-15-9-14-22(27(35)37-16-20-10-5-3-6-11-20)31-24(32)19(2)30-28(36)38-17-21-12-7-4-8-13-21/h3-8,10-13,18-19,22-23H,9,14-17H2,1-2H3,(H,29,33)(H,30,36)(H,31,32)/t18-,19-,22-,23?/m0/s1. The maximum Gasteiger partial charge on any atom is 0.408 e. The first-order valence-corrected chi connectivity index (χ1v) is 12.7. The van der Waals surface area contributed by atoms with Crippen LogP contribution in [0.2, 0.25) is 0 Å². The lowest BCUT2D eigenvalue weighted by Gasteiger charge is -2.31. The van der Waals surface area contributed by atoms with Gasteiger partial charge in [0.25, 0.3) is 5.91 Å². The normalized spacial score (nSPS) is 17.4. The summed E-state index contributed by atoms with van der Waals surface area (Å²) in [6, 6.07) is 16.1. The molecule has 0 aliphatic carbocycles. The molecule has 3 N–H and O–H groups in total. The van der Waals surface area contributed by atoms with Crippen molar-refractivity contribution in [2.45, 2.75) is 58.1 Å². The minimum atomic E-state index is -1.02. The topological polar surface area (TPSA) is 149 Å². The third-order valence-corrected chi connectivity index (χ3v) is 6.06. The fourth-order valence-corrected chi connectivity index (χ4v) is 3.67. The van der Waals surface area contributed by atoms with E-state index in [9.17, 15) is 24.0 Å². The quantitative estimate of drug-likeness (QED) is 0.199. The molecule has 0 spiro atoms. The predicted octanol–water partition coefficient (Wildman–Crippen LogP) is 1.99. The van der Waals surface area contributed by atoms with Crippen LogP contribution in [0, 0.1) is 5.92 Å². The van der Waals surface area contributed by atoms with Gasteiger partial charge in [0.2, 0.25) is 5.91 Å². The van der Waals surface area contributed by atoms with E-state index in [1.807, 2.05) is 36.4 Å². The summed E-state index contributed by atoms with van der Waals surface area (Å²) in [7, 11) is 0. The second-order valence-corrected chi connectivity index (χ2v) is 9.16. The fraction of sp³-hybridized carbons (Fsp3) is 0.393. The van der Waals surface area contributed by atoms with Crippen LogP contribution in [0.1, 0.15) is 37.8 Å². The van der Waals surface area contributed by atoms with Crippen molar-refractivity contribution in [2.24, 2.45) is 5.92 Å². The Morgan fingerprint density at radius 3 is 2.05 bits per heavy atom. The third kappa shape index (κ3) is 9.13. The maximum absolute atomic E-state index is 12.8. The van der Waals surface area contributed by atoms with Gasteiger partial charge in [-0.2, -0.15) is 0 Å². The zero-order valence-corrected chi connectivity index (χ0v) is 21.9. The zero-order valence-electron chi connectivity index (χ0n) is 21.9. The molecule has 1 aliphatic heterocycles. The number of hydrogen-bond acceptors (Lipinski definition) is 8. The average molecular weight is 540 g/mol. The smallest absolute Gasteiger partial charge is 0.408 e. The number of carbonyl (C=O) groups is 5. The molecule has 39 heavy (non-hydrogen) atoms. The monoisotopic (exact) mass is 539 g/mol. The van der Waals surface area contributed by atoms with E-state index in [2.05, 4.69) is 16.0 Å². The number of benzene rings is 2. The molecule has 4 atom stereocenters. The molecule has 11 nitrogen and oxygen atoms in total. The third-order valence-electron chi connectivity index (χ3n) is 6.06. The summed E-state index contributed by atoms with van der Waals surface area (Å²) in [4.78, 5) is 61.1. The van der Waals surface area contributed by atoms with Crippen LogP contribution in [0.5, 0.6) is 0 Å². The molecule has 0 aromatic heterocycles. The highest BCUT2D eigenvalue weighted by Crippen LogP contribution is 2.21. The van der Waals surface area contributed by atoms with Gasteiger partial charge in [0.05, 0.1) is 0 Å². The summed E-state index contributed by atoms with van der Waals surface area (Å²) in [6.07, 6.45) is -1.12. The van der Waals surface area contributed by atoms with Gasteiger partial charge in [-0.1, -0.05) is 60.7 Å². The number of cyclic esters (lactones) is 1. The number of ether oxygens (including phenoxy) is 3. The SMILES string of the molecule is C[C@H](NC(=O)OCc1ccccc1)C(=O)N[C@@H](CCCNC(=O)C1OC(=O)[C@H]1C)C(=O)OCc1ccccc1. The molecule has 1 aliphatic rings. The van der Waals surface area contributed by atoms with Crippen LogP contribution >= 0.6 is 0 Å². The van der Waals surface area contributed by atoms with Gasteiger partial charge in [0.1, 0.15) is 31.2 Å². The molecule has 2 aromatic carbocycles. The second-order valence-electron chi connectivity index (χ2n) is 9.16. The average Bonchev–Trinajstić information content (AvgIpc) is 2.95. The second kappa shape index (κ2) is 14.5. The Morgan fingerprint density at radius 1 is 0.897 bits per heavy atom. The summed E-state index contributed by atoms with van der Waals surface area (Å²) >= 11 is 0. The van der Waals surface area contributed by atoms with Gasteiger partial charge in [-0.15, -0.1) is 0 Å². The Bertz CT molecular complexity index is 1140. The highest BCUT2D eigenvalue weighted by Gasteiger charge is 2.43. The molecule has 11 heteroatoms. The number of hydrogen-bond donors (Lipinski definition) is 3. The lowest BCUT2D eigenvalue weighted by Crippen LogP contribution is -2.53. The van der Waals surface area contributed by atoms with E-state index in [0.29, 0.717) is 6.42 Å². The Morgan fingerprint density at radius 2 is 1.49 bits per heavy atom. The maximum atomic E-state index is 12.8. The van der Waals surface area contributed by atoms with Crippen molar-refractivity contribution in [3.05, 3.63) is 71.8 Å². The van der Waals surface area contributed by atoms with Gasteiger partial charge in [-0.3, -0.25) is 14.4 Å². The van der Waals surface area contributed by atoms with Crippen molar-refractivity contribution in [3.63, 3.8) is 0 Å². The van der Waals surface area contributed by atoms with E-state index < -0.39 is 54.0 Å². The Balaban J connectivity index is 1.49. The number of carbonyl (C=O) groups excluding carboxylic acids is 5. The molecule has 1 fully saturated rings. The molecule has 1 heterocycles. The van der Waals surface area contributed by atoms with Gasteiger partial charge >= 0.3 is 18.0 Å². The van der Waals surface area contributed by atoms with Crippen LogP contribution in [-0.2, 0) is 46.6 Å². The lowest BCUT2D eigenvalue weighted by atomic mass is 9.99. The molecule has 0 saturated carbocycles. The van der Waals surface area contributed by atoms with E-state index in [-0.39, 0.29) is 26.2 Å². The molecular formula is C28H33N3O8. The Labute approximate surface area is 226 Å². The number of alkyl carbamates (subject to hydrolysis) is 1. The summed E-state index contributed by atoms with van der Waals surface area (Å²) in [6.45, 7) is 3.33. The molecule has 1 saturated heterocycles. The van der Waals surface area contributed by atoms with E-state index in [0.717, 1.165) is 11.1 Å². The van der Waals surface area contributed by atoms with E-state index in [1.165, 1.54) is 6.92 Å². The first kappa shape index (κ1) is 29.2. The molecule has 1 unspecified atom stereocenters. The fourth-order valence-electron chi connectivity index (χ4n) is 3.67. The van der Waals surface area contributed by atoms with E-state index in [4.69, 9.17) is 14.2 Å². The minimum absolute atomic E-state index is 0.0212. The highest BCUT2D eigenvalue weighted by molar-refractivity contribution is 5.93. The van der Waals surface area contributed by atoms with E-state index >= 15 is 0 Å². The van der Waals surface area contributed by atoms with E-state index in [1.54, 1.807) is 31.2 Å². The summed E-state index contributed by atoms with van der Waals surface area (Å²) in [5, 5.41) is 7.72. The molecule has 2 aromatic rings. The number of rotatable bonds is 13. The molecular weight excluding hydrogens is 506 g/mol. The lowest BCUT2D eigenvalue weighted by molar-refractivity contribution is -0.186. The van der Waals surface area contributed by atoms with Crippen molar-refractivity contribution in [1.29, 1.82) is 0 Å². The predicted molar refractivity (Wildman–Crippen MR) is 139 cm³/mol. The minimum Gasteiger partial charge on any atom is -0.459 e. The van der Waals surface area contributed by atoms with Crippen molar-refractivity contribution >= 4 is 29.8 Å². The van der Waals surface area contributed by atoms with Gasteiger partial charge < -0.3 is 30.2 Å². The summed E-state index contributed by atoms with van der Waals surface area (Å²) in [5.41, 5.74) is 1.58. The van der Waals surface area contributed by atoms with Crippen LogP contribution in [0.3, 0.4) is 0 Å². The molecule has 3 amide bonds. The van der Waals surface area contributed by atoms with Gasteiger partial charge in [-0.25, -0.2) is 9.59 Å². The van der Waals surface area contributed by atoms with Gasteiger partial charge in [0, 0.05) is 6.54 Å². The Kier molecular flexibility index (Phi) is 10.8.